The van der Waals surface area contributed by atoms with Crippen molar-refractivity contribution in [3.05, 3.63) is 60.9 Å². The summed E-state index contributed by atoms with van der Waals surface area (Å²) in [5, 5.41) is 0. The van der Waals surface area contributed by atoms with Gasteiger partial charge in [0.2, 0.25) is 0 Å². The number of nitrogens with zero attached hydrogens (tertiary/aromatic N) is 3. The molecule has 7 nitrogen and oxygen atoms in total. The van der Waals surface area contributed by atoms with E-state index in [0.29, 0.717) is 11.6 Å². The summed E-state index contributed by atoms with van der Waals surface area (Å²) in [6.45, 7) is -0.137. The minimum absolute atomic E-state index is 0.137. The normalized spacial score (nSPS) is 10.2. The van der Waals surface area contributed by atoms with Crippen LogP contribution in [0.25, 0.3) is 22.8 Å². The molecule has 24 heavy (non-hydrogen) atoms. The number of hydrazine groups is 1. The number of nitrogens with two attached hydrogens (primary N) is 1. The number of aromatic nitrogens is 3. The van der Waals surface area contributed by atoms with Gasteiger partial charge in [-0.15, -0.1) is 0 Å². The molecule has 1 aromatic carbocycles. The van der Waals surface area contributed by atoms with E-state index in [-0.39, 0.29) is 6.61 Å². The van der Waals surface area contributed by atoms with E-state index in [2.05, 4.69) is 15.0 Å². The number of carbonyl (C=O) groups is 1. The van der Waals surface area contributed by atoms with Crippen molar-refractivity contribution in [1.82, 2.24) is 20.4 Å². The fourth-order valence-electron chi connectivity index (χ4n) is 2.05. The summed E-state index contributed by atoms with van der Waals surface area (Å²) in [6.07, 6.45) is 3.42. The molecule has 0 saturated heterocycles. The Hall–Kier alpha value is -3.32. The number of amides is 1. The largest absolute Gasteiger partial charge is 0.484 e. The highest BCUT2D eigenvalue weighted by Crippen LogP contribution is 2.21. The number of rotatable bonds is 5. The van der Waals surface area contributed by atoms with Crippen molar-refractivity contribution in [2.45, 2.75) is 0 Å². The molecule has 0 spiro atoms. The molecule has 0 aliphatic carbocycles. The van der Waals surface area contributed by atoms with Gasteiger partial charge in [-0.1, -0.05) is 6.07 Å². The molecule has 3 N–H and O–H groups in total. The molecule has 0 unspecified atom stereocenters. The zero-order chi connectivity index (χ0) is 16.8. The van der Waals surface area contributed by atoms with Gasteiger partial charge in [0.05, 0.1) is 11.4 Å². The van der Waals surface area contributed by atoms with Gasteiger partial charge in [0.1, 0.15) is 5.75 Å². The number of pyridine rings is 1. The Morgan fingerprint density at radius 3 is 2.54 bits per heavy atom. The van der Waals surface area contributed by atoms with Gasteiger partial charge in [0.15, 0.2) is 12.4 Å². The van der Waals surface area contributed by atoms with Crippen molar-refractivity contribution >= 4 is 5.91 Å². The lowest BCUT2D eigenvalue weighted by atomic mass is 10.2. The first-order valence-electron chi connectivity index (χ1n) is 7.23. The van der Waals surface area contributed by atoms with Crippen LogP contribution in [-0.2, 0) is 4.79 Å². The predicted molar refractivity (Wildman–Crippen MR) is 88.5 cm³/mol. The molecule has 2 aromatic heterocycles. The van der Waals surface area contributed by atoms with Gasteiger partial charge in [0.25, 0.3) is 5.91 Å². The molecule has 2 heterocycles. The van der Waals surface area contributed by atoms with E-state index in [1.165, 1.54) is 0 Å². The van der Waals surface area contributed by atoms with E-state index in [0.717, 1.165) is 17.0 Å². The van der Waals surface area contributed by atoms with Crippen molar-refractivity contribution in [2.24, 2.45) is 5.84 Å². The van der Waals surface area contributed by atoms with Gasteiger partial charge >= 0.3 is 0 Å². The minimum atomic E-state index is -0.398. The average Bonchev–Trinajstić information content (AvgIpc) is 2.67. The lowest BCUT2D eigenvalue weighted by Crippen LogP contribution is -2.34. The first-order chi connectivity index (χ1) is 11.8. The van der Waals surface area contributed by atoms with Gasteiger partial charge in [-0.05, 0) is 42.5 Å². The molecule has 7 heteroatoms. The third-order valence-corrected chi connectivity index (χ3v) is 3.23. The van der Waals surface area contributed by atoms with E-state index in [1.54, 1.807) is 24.5 Å². The second-order valence-electron chi connectivity index (χ2n) is 4.86. The number of hydrogen-bond donors (Lipinski definition) is 2. The Labute approximate surface area is 138 Å². The van der Waals surface area contributed by atoms with Crippen molar-refractivity contribution < 1.29 is 9.53 Å². The highest BCUT2D eigenvalue weighted by atomic mass is 16.5. The third-order valence-electron chi connectivity index (χ3n) is 3.23. The van der Waals surface area contributed by atoms with Gasteiger partial charge in [-0.2, -0.15) is 0 Å². The van der Waals surface area contributed by atoms with Crippen LogP contribution in [-0.4, -0.2) is 27.5 Å². The molecule has 0 bridgehead atoms. The summed E-state index contributed by atoms with van der Waals surface area (Å²) in [5.41, 5.74) is 4.38. The molecule has 0 fully saturated rings. The van der Waals surface area contributed by atoms with Gasteiger partial charge in [-0.3, -0.25) is 15.2 Å². The standard InChI is InChI=1S/C17H15N5O2/c18-22-16(23)11-24-13-6-4-12(5-7-13)17-20-10-8-15(21-17)14-3-1-2-9-19-14/h1-10H,11,18H2,(H,22,23). The Morgan fingerprint density at radius 1 is 1.00 bits per heavy atom. The molecule has 0 aliphatic rings. The van der Waals surface area contributed by atoms with Crippen molar-refractivity contribution in [2.75, 3.05) is 6.61 Å². The van der Waals surface area contributed by atoms with Crippen LogP contribution in [0.15, 0.2) is 60.9 Å². The number of carbonyl (C=O) groups excluding carboxylic acids is 1. The maximum atomic E-state index is 11.1. The average molecular weight is 321 g/mol. The third kappa shape index (κ3) is 3.71. The van der Waals surface area contributed by atoms with E-state index >= 15 is 0 Å². The molecule has 3 aromatic rings. The van der Waals surface area contributed by atoms with Crippen LogP contribution in [0, 0.1) is 0 Å². The summed E-state index contributed by atoms with van der Waals surface area (Å²) in [6, 6.07) is 14.6. The van der Waals surface area contributed by atoms with Crippen LogP contribution in [0.3, 0.4) is 0 Å². The highest BCUT2D eigenvalue weighted by Gasteiger charge is 2.06. The molecule has 0 saturated carbocycles. The van der Waals surface area contributed by atoms with E-state index in [1.807, 2.05) is 41.8 Å². The molecule has 1 amide bonds. The zero-order valence-electron chi connectivity index (χ0n) is 12.7. The number of benzene rings is 1. The summed E-state index contributed by atoms with van der Waals surface area (Å²) in [5.74, 6) is 5.75. The highest BCUT2D eigenvalue weighted by molar-refractivity contribution is 5.76. The lowest BCUT2D eigenvalue weighted by Gasteiger charge is -2.07. The number of hydrogen-bond acceptors (Lipinski definition) is 6. The van der Waals surface area contributed by atoms with Gasteiger partial charge < -0.3 is 4.74 Å². The van der Waals surface area contributed by atoms with Crippen LogP contribution in [0.2, 0.25) is 0 Å². The zero-order valence-corrected chi connectivity index (χ0v) is 12.7. The fourth-order valence-corrected chi connectivity index (χ4v) is 2.05. The second kappa shape index (κ2) is 7.30. The summed E-state index contributed by atoms with van der Waals surface area (Å²) in [7, 11) is 0. The monoisotopic (exact) mass is 321 g/mol. The first-order valence-corrected chi connectivity index (χ1v) is 7.23. The molecule has 0 radical (unpaired) electrons. The van der Waals surface area contributed by atoms with Crippen molar-refractivity contribution in [3.63, 3.8) is 0 Å². The Bertz CT molecular complexity index is 822. The topological polar surface area (TPSA) is 103 Å². The fraction of sp³-hybridized carbons (Fsp3) is 0.0588. The van der Waals surface area contributed by atoms with Gasteiger partial charge in [0, 0.05) is 18.0 Å². The van der Waals surface area contributed by atoms with E-state index in [4.69, 9.17) is 10.6 Å². The Morgan fingerprint density at radius 2 is 1.83 bits per heavy atom. The second-order valence-corrected chi connectivity index (χ2v) is 4.86. The predicted octanol–water partition coefficient (Wildman–Crippen LogP) is 1.57. The maximum absolute atomic E-state index is 11.1. The van der Waals surface area contributed by atoms with Crippen molar-refractivity contribution in [3.8, 4) is 28.5 Å². The van der Waals surface area contributed by atoms with Crippen molar-refractivity contribution in [1.29, 1.82) is 0 Å². The first kappa shape index (κ1) is 15.6. The van der Waals surface area contributed by atoms with Crippen LogP contribution < -0.4 is 16.0 Å². The van der Waals surface area contributed by atoms with Crippen LogP contribution in [0.1, 0.15) is 0 Å². The minimum Gasteiger partial charge on any atom is -0.484 e. The van der Waals surface area contributed by atoms with Crippen LogP contribution in [0.4, 0.5) is 0 Å². The number of ether oxygens (including phenoxy) is 1. The SMILES string of the molecule is NNC(=O)COc1ccc(-c2nccc(-c3ccccn3)n2)cc1. The molecule has 0 aliphatic heterocycles. The van der Waals surface area contributed by atoms with Gasteiger partial charge in [-0.25, -0.2) is 15.8 Å². The summed E-state index contributed by atoms with van der Waals surface area (Å²) >= 11 is 0. The van der Waals surface area contributed by atoms with E-state index in [9.17, 15) is 4.79 Å². The Kier molecular flexibility index (Phi) is 4.73. The molecule has 120 valence electrons. The molecule has 0 atom stereocenters. The quantitative estimate of drug-likeness (QED) is 0.420. The van der Waals surface area contributed by atoms with Crippen LogP contribution >= 0.6 is 0 Å². The summed E-state index contributed by atoms with van der Waals surface area (Å²) in [4.78, 5) is 24.2. The van der Waals surface area contributed by atoms with Crippen LogP contribution in [0.5, 0.6) is 5.75 Å². The van der Waals surface area contributed by atoms with E-state index < -0.39 is 5.91 Å². The lowest BCUT2D eigenvalue weighted by molar-refractivity contribution is -0.123. The molecule has 3 rings (SSSR count). The maximum Gasteiger partial charge on any atom is 0.271 e. The smallest absolute Gasteiger partial charge is 0.271 e. The molecular weight excluding hydrogens is 306 g/mol. The Balaban J connectivity index is 1.78. The number of nitrogens with one attached hydrogen (secondary N) is 1. The molecular formula is C17H15N5O2. The summed E-state index contributed by atoms with van der Waals surface area (Å²) < 4.78 is 5.30.